The molecule has 66 heavy (non-hydrogen) atoms. The third kappa shape index (κ3) is 16.0. The highest BCUT2D eigenvalue weighted by molar-refractivity contribution is 5.71. The summed E-state index contributed by atoms with van der Waals surface area (Å²) < 4.78 is 12.3. The summed E-state index contributed by atoms with van der Waals surface area (Å²) in [5.41, 5.74) is 2.46. The Morgan fingerprint density at radius 3 is 1.39 bits per heavy atom. The Labute approximate surface area is 397 Å². The molecule has 3 rings (SSSR count). The second-order valence-electron chi connectivity index (χ2n) is 24.2. The maximum absolute atomic E-state index is 13.9. The number of unbranched alkanes of at least 4 members (excludes halogenated alkanes) is 5. The van der Waals surface area contributed by atoms with Gasteiger partial charge in [-0.1, -0.05) is 133 Å². The summed E-state index contributed by atoms with van der Waals surface area (Å²) in [6, 6.07) is 7.95. The number of hydrogen-bond acceptors (Lipinski definition) is 10. The van der Waals surface area contributed by atoms with Crippen molar-refractivity contribution in [3.63, 3.8) is 0 Å². The fourth-order valence-corrected chi connectivity index (χ4v) is 9.46. The number of carboxylic acid groups (broad SMARTS) is 1. The van der Waals surface area contributed by atoms with Gasteiger partial charge in [0.05, 0.1) is 17.7 Å². The molecule has 1 fully saturated rings. The number of rotatable bonds is 20. The number of esters is 2. The molecule has 11 heteroatoms. The van der Waals surface area contributed by atoms with Crippen LogP contribution in [0.3, 0.4) is 0 Å². The Bertz CT molecular complexity index is 1920. The molecule has 2 atom stereocenters. The summed E-state index contributed by atoms with van der Waals surface area (Å²) in [5, 5.41) is 33.1. The quantitative estimate of drug-likeness (QED) is 0.0857. The van der Waals surface area contributed by atoms with Gasteiger partial charge in [-0.25, -0.2) is 0 Å². The topological polar surface area (TPSA) is 160 Å². The van der Waals surface area contributed by atoms with Crippen LogP contribution in [0.4, 0.5) is 0 Å². The zero-order chi connectivity index (χ0) is 50.2. The summed E-state index contributed by atoms with van der Waals surface area (Å²) in [6.07, 6.45) is 6.52. The van der Waals surface area contributed by atoms with E-state index in [1.165, 1.54) is 0 Å². The van der Waals surface area contributed by atoms with Gasteiger partial charge in [-0.15, -0.1) is 5.06 Å². The first-order valence-corrected chi connectivity index (χ1v) is 24.5. The molecule has 1 saturated heterocycles. The molecule has 0 amide bonds. The fourth-order valence-electron chi connectivity index (χ4n) is 9.46. The van der Waals surface area contributed by atoms with Gasteiger partial charge in [0.25, 0.3) is 0 Å². The lowest BCUT2D eigenvalue weighted by Crippen LogP contribution is -2.67. The minimum Gasteiger partial charge on any atom is -0.507 e. The summed E-state index contributed by atoms with van der Waals surface area (Å²) in [4.78, 5) is 57.7. The molecule has 3 N–H and O–H groups in total. The van der Waals surface area contributed by atoms with E-state index in [-0.39, 0.29) is 83.5 Å². The molecule has 1 aliphatic rings. The first-order valence-electron chi connectivity index (χ1n) is 24.5. The van der Waals surface area contributed by atoms with Crippen molar-refractivity contribution in [2.45, 2.75) is 240 Å². The molecule has 2 unspecified atom stereocenters. The third-order valence-corrected chi connectivity index (χ3v) is 13.1. The zero-order valence-corrected chi connectivity index (χ0v) is 43.7. The average molecular weight is 922 g/mol. The van der Waals surface area contributed by atoms with Gasteiger partial charge in [0.15, 0.2) is 0 Å². The van der Waals surface area contributed by atoms with Crippen molar-refractivity contribution >= 4 is 23.9 Å². The predicted octanol–water partition coefficient (Wildman–Crippen LogP) is 12.2. The molecular formula is C55H87NO10. The number of hydroxylamine groups is 2. The minimum atomic E-state index is -0.835. The largest absolute Gasteiger partial charge is 0.507 e. The number of carbonyl (C=O) groups is 4. The monoisotopic (exact) mass is 922 g/mol. The number of carbonyl (C=O) groups excluding carboxylic acids is 3. The summed E-state index contributed by atoms with van der Waals surface area (Å²) >= 11 is 0. The van der Waals surface area contributed by atoms with E-state index < -0.39 is 23.2 Å². The summed E-state index contributed by atoms with van der Waals surface area (Å²) in [5.74, 6) is -1.64. The molecule has 372 valence electrons. The molecule has 11 nitrogen and oxygen atoms in total. The molecule has 0 aromatic heterocycles. The van der Waals surface area contributed by atoms with E-state index in [4.69, 9.17) is 19.4 Å². The number of phenolic OH excluding ortho intramolecular Hbond substituents is 2. The normalized spacial score (nSPS) is 17.9. The number of aromatic hydroxyl groups is 2. The molecule has 0 aliphatic carbocycles. The van der Waals surface area contributed by atoms with Gasteiger partial charge in [0.2, 0.25) is 0 Å². The van der Waals surface area contributed by atoms with E-state index in [9.17, 15) is 29.4 Å². The number of nitrogens with zero attached hydrogens (tertiary/aromatic N) is 1. The van der Waals surface area contributed by atoms with Gasteiger partial charge in [0, 0.05) is 38.0 Å². The zero-order valence-electron chi connectivity index (χ0n) is 43.7. The summed E-state index contributed by atoms with van der Waals surface area (Å²) in [6.45, 7) is 32.7. The van der Waals surface area contributed by atoms with Crippen molar-refractivity contribution in [3.8, 4) is 11.5 Å². The predicted molar refractivity (Wildman–Crippen MR) is 262 cm³/mol. The van der Waals surface area contributed by atoms with Crippen LogP contribution < -0.4 is 0 Å². The van der Waals surface area contributed by atoms with Gasteiger partial charge in [-0.05, 0) is 115 Å². The second-order valence-corrected chi connectivity index (χ2v) is 24.2. The Morgan fingerprint density at radius 1 is 0.591 bits per heavy atom. The molecule has 2 aromatic rings. The highest BCUT2D eigenvalue weighted by Crippen LogP contribution is 2.46. The van der Waals surface area contributed by atoms with Crippen LogP contribution in [0.2, 0.25) is 0 Å². The first-order chi connectivity index (χ1) is 30.2. The number of piperidine rings is 1. The standard InChI is InChI=1S/C55H87NO10/c1-50(2,3)39-31-36(32-40(48(39)62)51(4,5)6)25-27-45(59)64-30-29-38-43(65-46(60)28-26-37-33-41(52(7,8)9)49(63)42(34-37)53(10,11)12)35-54(13,14)56(55(38,15)16)66-47(61)24-22-20-18-17-19-21-23-44(57)58/h31-34,38,43,62-63H,17-30,35H2,1-16H3,(H,57,58). The molecule has 1 aliphatic heterocycles. The van der Waals surface area contributed by atoms with Crippen LogP contribution in [-0.2, 0) is 68.0 Å². The van der Waals surface area contributed by atoms with E-state index in [1.54, 1.807) is 5.06 Å². The Balaban J connectivity index is 1.81. The second kappa shape index (κ2) is 22.3. The summed E-state index contributed by atoms with van der Waals surface area (Å²) in [7, 11) is 0. The number of hydrogen-bond donors (Lipinski definition) is 3. The van der Waals surface area contributed by atoms with Gasteiger partial charge >= 0.3 is 23.9 Å². The molecule has 0 radical (unpaired) electrons. The lowest BCUT2D eigenvalue weighted by molar-refractivity contribution is -0.294. The van der Waals surface area contributed by atoms with Gasteiger partial charge in [-0.2, -0.15) is 0 Å². The number of carboxylic acids is 1. The number of ether oxygens (including phenoxy) is 2. The fraction of sp³-hybridized carbons (Fsp3) is 0.709. The van der Waals surface area contributed by atoms with Crippen molar-refractivity contribution in [1.82, 2.24) is 5.06 Å². The molecule has 1 heterocycles. The van der Waals surface area contributed by atoms with Gasteiger partial charge in [0.1, 0.15) is 17.6 Å². The van der Waals surface area contributed by atoms with Crippen LogP contribution in [0.15, 0.2) is 24.3 Å². The van der Waals surface area contributed by atoms with Gasteiger partial charge < -0.3 is 29.6 Å². The van der Waals surface area contributed by atoms with E-state index in [0.717, 1.165) is 59.1 Å². The van der Waals surface area contributed by atoms with Crippen molar-refractivity contribution in [2.75, 3.05) is 6.61 Å². The smallest absolute Gasteiger partial charge is 0.325 e. The molecule has 2 aromatic carbocycles. The van der Waals surface area contributed by atoms with Crippen molar-refractivity contribution in [3.05, 3.63) is 57.6 Å². The van der Waals surface area contributed by atoms with Crippen LogP contribution >= 0.6 is 0 Å². The molecule has 0 bridgehead atoms. The highest BCUT2D eigenvalue weighted by Gasteiger charge is 2.55. The minimum absolute atomic E-state index is 0.0738. The van der Waals surface area contributed by atoms with E-state index in [2.05, 4.69) is 83.1 Å². The average Bonchev–Trinajstić information content (AvgIpc) is 3.15. The first kappa shape index (κ1) is 56.2. The number of benzene rings is 2. The van der Waals surface area contributed by atoms with Crippen LogP contribution in [0, 0.1) is 5.92 Å². The van der Waals surface area contributed by atoms with Crippen LogP contribution in [0.25, 0.3) is 0 Å². The van der Waals surface area contributed by atoms with Crippen LogP contribution in [-0.4, -0.2) is 68.0 Å². The number of aliphatic carboxylic acids is 1. The van der Waals surface area contributed by atoms with Crippen molar-refractivity contribution < 1.29 is 48.8 Å². The van der Waals surface area contributed by atoms with E-state index in [1.807, 2.05) is 52.0 Å². The van der Waals surface area contributed by atoms with Crippen molar-refractivity contribution in [2.24, 2.45) is 5.92 Å². The number of phenols is 2. The SMILES string of the molecule is CC(C)(C)c1cc(CCC(=O)OCCC2C(OC(=O)CCc3cc(C(C)(C)C)c(O)c(C(C)(C)C)c3)CC(C)(C)N(OC(=O)CCCCCCCCC(=O)O)C2(C)C)cc(C(C)(C)C)c1O. The third-order valence-electron chi connectivity index (χ3n) is 13.1. The van der Waals surface area contributed by atoms with E-state index in [0.29, 0.717) is 44.3 Å². The van der Waals surface area contributed by atoms with Crippen molar-refractivity contribution in [1.29, 1.82) is 0 Å². The lowest BCUT2D eigenvalue weighted by atomic mass is 9.70. The number of aryl methyl sites for hydroxylation is 2. The maximum atomic E-state index is 13.9. The van der Waals surface area contributed by atoms with Gasteiger partial charge in [-0.3, -0.25) is 19.2 Å². The Morgan fingerprint density at radius 2 is 0.985 bits per heavy atom. The van der Waals surface area contributed by atoms with Crippen LogP contribution in [0.1, 0.15) is 221 Å². The Kier molecular flexibility index (Phi) is 19.0. The molecule has 0 spiro atoms. The molecule has 0 saturated carbocycles. The maximum Gasteiger partial charge on any atom is 0.325 e. The Hall–Kier alpha value is -4.12. The lowest BCUT2D eigenvalue weighted by Gasteiger charge is -2.56. The van der Waals surface area contributed by atoms with Crippen LogP contribution in [0.5, 0.6) is 11.5 Å². The highest BCUT2D eigenvalue weighted by atomic mass is 16.7. The molecular weight excluding hydrogens is 835 g/mol. The van der Waals surface area contributed by atoms with E-state index >= 15 is 0 Å².